The number of nitrogens with one attached hydrogen (secondary N) is 1. The lowest BCUT2D eigenvalue weighted by atomic mass is 10.1. The highest BCUT2D eigenvalue weighted by atomic mass is 32.2. The lowest BCUT2D eigenvalue weighted by Crippen LogP contribution is -2.24. The van der Waals surface area contributed by atoms with Gasteiger partial charge in [0, 0.05) is 12.7 Å². The third kappa shape index (κ3) is 4.56. The zero-order chi connectivity index (χ0) is 17.0. The summed E-state index contributed by atoms with van der Waals surface area (Å²) in [5, 5.41) is 2.82. The van der Waals surface area contributed by atoms with Gasteiger partial charge in [-0.25, -0.2) is 8.42 Å². The minimum Gasteiger partial charge on any atom is -0.326 e. The molecule has 0 atom stereocenters. The molecule has 122 valence electrons. The molecule has 2 aromatic rings. The summed E-state index contributed by atoms with van der Waals surface area (Å²) in [6, 6.07) is 14.4. The van der Waals surface area contributed by atoms with Gasteiger partial charge in [0.1, 0.15) is 0 Å². The Bertz CT molecular complexity index is 799. The van der Waals surface area contributed by atoms with E-state index in [0.717, 1.165) is 17.4 Å². The molecule has 0 heterocycles. The van der Waals surface area contributed by atoms with Crippen molar-refractivity contribution in [3.05, 3.63) is 59.7 Å². The number of amides is 1. The Morgan fingerprint density at radius 1 is 1.09 bits per heavy atom. The molecule has 0 radical (unpaired) electrons. The molecule has 0 saturated carbocycles. The third-order valence-corrected chi connectivity index (χ3v) is 4.83. The molecule has 6 heteroatoms. The minimum atomic E-state index is -3.29. The molecule has 0 spiro atoms. The highest BCUT2D eigenvalue weighted by molar-refractivity contribution is 7.92. The van der Waals surface area contributed by atoms with E-state index in [2.05, 4.69) is 5.32 Å². The summed E-state index contributed by atoms with van der Waals surface area (Å²) in [7, 11) is -1.80. The Morgan fingerprint density at radius 2 is 1.70 bits per heavy atom. The lowest BCUT2D eigenvalue weighted by Gasteiger charge is -2.17. The molecule has 1 N–H and O–H groups in total. The van der Waals surface area contributed by atoms with Gasteiger partial charge in [0.2, 0.25) is 15.9 Å². The van der Waals surface area contributed by atoms with Crippen molar-refractivity contribution in [2.24, 2.45) is 0 Å². The van der Waals surface area contributed by atoms with Crippen LogP contribution in [0, 0.1) is 6.92 Å². The maximum absolute atomic E-state index is 12.1. The molecule has 0 aliphatic carbocycles. The molecular formula is C17H20N2O3S. The summed E-state index contributed by atoms with van der Waals surface area (Å²) in [5.41, 5.74) is 3.24. The van der Waals surface area contributed by atoms with E-state index in [1.807, 2.05) is 31.2 Å². The maximum Gasteiger partial charge on any atom is 0.231 e. The molecule has 0 aromatic heterocycles. The van der Waals surface area contributed by atoms with Crippen LogP contribution in [0.2, 0.25) is 0 Å². The summed E-state index contributed by atoms with van der Waals surface area (Å²) in [4.78, 5) is 12.1. The second kappa shape index (κ2) is 6.83. The predicted octanol–water partition coefficient (Wildman–Crippen LogP) is 2.57. The van der Waals surface area contributed by atoms with Gasteiger partial charge in [0.05, 0.1) is 18.4 Å². The second-order valence-electron chi connectivity index (χ2n) is 5.43. The second-order valence-corrected chi connectivity index (χ2v) is 7.44. The van der Waals surface area contributed by atoms with Crippen LogP contribution in [-0.2, 0) is 21.2 Å². The number of rotatable bonds is 5. The molecule has 1 amide bonds. The standard InChI is InChI=1S/C17H20N2O3S/c1-13-6-4-5-7-14(13)12-17(20)18-15-8-10-16(11-9-15)19(2)23(3,21)22/h4-11H,12H2,1-3H3,(H,18,20). The Hall–Kier alpha value is -2.34. The fraction of sp³-hybridized carbons (Fsp3) is 0.235. The molecule has 0 unspecified atom stereocenters. The molecule has 0 aliphatic rings. The molecule has 0 aliphatic heterocycles. The molecule has 2 rings (SSSR count). The largest absolute Gasteiger partial charge is 0.326 e. The van der Waals surface area contributed by atoms with Crippen LogP contribution < -0.4 is 9.62 Å². The molecular weight excluding hydrogens is 312 g/mol. The van der Waals surface area contributed by atoms with Gasteiger partial charge in [-0.05, 0) is 42.3 Å². The van der Waals surface area contributed by atoms with E-state index in [1.165, 1.54) is 11.4 Å². The van der Waals surface area contributed by atoms with Gasteiger partial charge in [-0.15, -0.1) is 0 Å². The molecule has 5 nitrogen and oxygen atoms in total. The van der Waals surface area contributed by atoms with Crippen LogP contribution in [0.4, 0.5) is 11.4 Å². The summed E-state index contributed by atoms with van der Waals surface area (Å²) >= 11 is 0. The average molecular weight is 332 g/mol. The van der Waals surface area contributed by atoms with Gasteiger partial charge in [-0.3, -0.25) is 9.10 Å². The Kier molecular flexibility index (Phi) is 5.05. The van der Waals surface area contributed by atoms with E-state index in [-0.39, 0.29) is 5.91 Å². The first-order valence-corrected chi connectivity index (χ1v) is 9.00. The summed E-state index contributed by atoms with van der Waals surface area (Å²) in [6.07, 6.45) is 1.45. The van der Waals surface area contributed by atoms with Crippen LogP contribution in [0.5, 0.6) is 0 Å². The smallest absolute Gasteiger partial charge is 0.231 e. The van der Waals surface area contributed by atoms with Crippen molar-refractivity contribution in [2.45, 2.75) is 13.3 Å². The molecule has 0 bridgehead atoms. The van der Waals surface area contributed by atoms with Crippen molar-refractivity contribution in [1.82, 2.24) is 0 Å². The highest BCUT2D eigenvalue weighted by Gasteiger charge is 2.12. The Morgan fingerprint density at radius 3 is 2.26 bits per heavy atom. The van der Waals surface area contributed by atoms with Gasteiger partial charge >= 0.3 is 0 Å². The van der Waals surface area contributed by atoms with Crippen LogP contribution in [0.15, 0.2) is 48.5 Å². The van der Waals surface area contributed by atoms with E-state index < -0.39 is 10.0 Å². The lowest BCUT2D eigenvalue weighted by molar-refractivity contribution is -0.115. The molecule has 2 aromatic carbocycles. The molecule has 0 saturated heterocycles. The predicted molar refractivity (Wildman–Crippen MR) is 93.2 cm³/mol. The van der Waals surface area contributed by atoms with E-state index >= 15 is 0 Å². The number of benzene rings is 2. The minimum absolute atomic E-state index is 0.108. The monoisotopic (exact) mass is 332 g/mol. The van der Waals surface area contributed by atoms with Crippen LogP contribution in [0.25, 0.3) is 0 Å². The van der Waals surface area contributed by atoms with Crippen LogP contribution >= 0.6 is 0 Å². The number of hydrogen-bond donors (Lipinski definition) is 1. The summed E-state index contributed by atoms with van der Waals surface area (Å²) in [6.45, 7) is 1.97. The van der Waals surface area contributed by atoms with Crippen molar-refractivity contribution in [1.29, 1.82) is 0 Å². The van der Waals surface area contributed by atoms with Crippen molar-refractivity contribution in [2.75, 3.05) is 22.9 Å². The van der Waals surface area contributed by atoms with Gasteiger partial charge in [-0.1, -0.05) is 24.3 Å². The fourth-order valence-corrected chi connectivity index (χ4v) is 2.64. The first kappa shape index (κ1) is 17.0. The first-order valence-electron chi connectivity index (χ1n) is 7.15. The van der Waals surface area contributed by atoms with Gasteiger partial charge in [0.15, 0.2) is 0 Å². The van der Waals surface area contributed by atoms with Crippen LogP contribution in [-0.4, -0.2) is 27.6 Å². The number of carbonyl (C=O) groups is 1. The maximum atomic E-state index is 12.1. The Labute approximate surface area is 137 Å². The zero-order valence-electron chi connectivity index (χ0n) is 13.4. The fourth-order valence-electron chi connectivity index (χ4n) is 2.13. The van der Waals surface area contributed by atoms with Crippen molar-refractivity contribution in [3.63, 3.8) is 0 Å². The SMILES string of the molecule is Cc1ccccc1CC(=O)Nc1ccc(N(C)S(C)(=O)=O)cc1. The number of carbonyl (C=O) groups excluding carboxylic acids is 1. The summed E-state index contributed by atoms with van der Waals surface area (Å²) < 4.78 is 24.2. The number of nitrogens with zero attached hydrogens (tertiary/aromatic N) is 1. The topological polar surface area (TPSA) is 66.5 Å². The number of aryl methyl sites for hydroxylation is 1. The van der Waals surface area contributed by atoms with Crippen molar-refractivity contribution in [3.8, 4) is 0 Å². The van der Waals surface area contributed by atoms with Gasteiger partial charge in [-0.2, -0.15) is 0 Å². The quantitative estimate of drug-likeness (QED) is 0.915. The third-order valence-electron chi connectivity index (χ3n) is 3.62. The van der Waals surface area contributed by atoms with Gasteiger partial charge < -0.3 is 5.32 Å². The first-order chi connectivity index (χ1) is 10.8. The highest BCUT2D eigenvalue weighted by Crippen LogP contribution is 2.19. The van der Waals surface area contributed by atoms with Crippen LogP contribution in [0.3, 0.4) is 0 Å². The number of sulfonamides is 1. The number of hydrogen-bond acceptors (Lipinski definition) is 3. The van der Waals surface area contributed by atoms with E-state index in [0.29, 0.717) is 17.8 Å². The molecule has 23 heavy (non-hydrogen) atoms. The number of anilines is 2. The van der Waals surface area contributed by atoms with E-state index in [1.54, 1.807) is 24.3 Å². The van der Waals surface area contributed by atoms with E-state index in [4.69, 9.17) is 0 Å². The molecule has 0 fully saturated rings. The van der Waals surface area contributed by atoms with Gasteiger partial charge in [0.25, 0.3) is 0 Å². The Balaban J connectivity index is 2.04. The average Bonchev–Trinajstić information content (AvgIpc) is 2.49. The normalized spacial score (nSPS) is 11.1. The van der Waals surface area contributed by atoms with Crippen LogP contribution in [0.1, 0.15) is 11.1 Å². The summed E-state index contributed by atoms with van der Waals surface area (Å²) in [5.74, 6) is -0.108. The zero-order valence-corrected chi connectivity index (χ0v) is 14.2. The van der Waals surface area contributed by atoms with E-state index in [9.17, 15) is 13.2 Å². The van der Waals surface area contributed by atoms with Crippen molar-refractivity contribution < 1.29 is 13.2 Å². The van der Waals surface area contributed by atoms with Crippen molar-refractivity contribution >= 4 is 27.3 Å².